The first-order valence-electron chi connectivity index (χ1n) is 6.77. The Kier molecular flexibility index (Phi) is 3.47. The Balaban J connectivity index is 1.96. The van der Waals surface area contributed by atoms with Gasteiger partial charge in [0, 0.05) is 30.6 Å². The largest absolute Gasteiger partial charge is 0.370 e. The summed E-state index contributed by atoms with van der Waals surface area (Å²) in [7, 11) is 2.01. The molecule has 2 heterocycles. The molecule has 0 amide bonds. The third-order valence-corrected chi connectivity index (χ3v) is 4.06. The van der Waals surface area contributed by atoms with Crippen molar-refractivity contribution in [2.24, 2.45) is 7.05 Å². The van der Waals surface area contributed by atoms with Crippen molar-refractivity contribution in [2.75, 3.05) is 11.9 Å². The topological polar surface area (TPSA) is 29.9 Å². The van der Waals surface area contributed by atoms with Gasteiger partial charge in [-0.15, -0.1) is 0 Å². The van der Waals surface area contributed by atoms with Gasteiger partial charge in [-0.1, -0.05) is 29.8 Å². The standard InChI is InChI=1S/C15H18ClN3/c1-19-15-12(7-4-5-9-17-15)14(18-19)10-11-6-2-3-8-13(11)16/h2-3,6,8,17H,4-5,7,9-10H2,1H3. The number of nitrogens with zero attached hydrogens (tertiary/aromatic N) is 2. The highest BCUT2D eigenvalue weighted by Gasteiger charge is 2.18. The molecule has 0 aliphatic carbocycles. The zero-order valence-corrected chi connectivity index (χ0v) is 11.9. The maximum atomic E-state index is 6.25. The van der Waals surface area contributed by atoms with Crippen molar-refractivity contribution in [3.63, 3.8) is 0 Å². The smallest absolute Gasteiger partial charge is 0.127 e. The Hall–Kier alpha value is -1.48. The highest BCUT2D eigenvalue weighted by Crippen LogP contribution is 2.27. The SMILES string of the molecule is Cn1nc(Cc2ccccc2Cl)c2c1NCCCC2. The van der Waals surface area contributed by atoms with E-state index in [-0.39, 0.29) is 0 Å². The van der Waals surface area contributed by atoms with E-state index in [1.165, 1.54) is 24.2 Å². The van der Waals surface area contributed by atoms with Crippen LogP contribution in [0, 0.1) is 0 Å². The predicted molar refractivity (Wildman–Crippen MR) is 78.9 cm³/mol. The van der Waals surface area contributed by atoms with E-state index in [0.29, 0.717) is 0 Å². The highest BCUT2D eigenvalue weighted by molar-refractivity contribution is 6.31. The van der Waals surface area contributed by atoms with Gasteiger partial charge in [0.2, 0.25) is 0 Å². The number of rotatable bonds is 2. The number of hydrogen-bond acceptors (Lipinski definition) is 2. The van der Waals surface area contributed by atoms with E-state index in [1.54, 1.807) is 0 Å². The Morgan fingerprint density at radius 1 is 1.32 bits per heavy atom. The summed E-state index contributed by atoms with van der Waals surface area (Å²) in [6, 6.07) is 8.01. The molecule has 1 N–H and O–H groups in total. The Morgan fingerprint density at radius 3 is 3.00 bits per heavy atom. The van der Waals surface area contributed by atoms with Gasteiger partial charge in [0.25, 0.3) is 0 Å². The molecule has 3 rings (SSSR count). The lowest BCUT2D eigenvalue weighted by molar-refractivity contribution is 0.735. The summed E-state index contributed by atoms with van der Waals surface area (Å²) in [5, 5.41) is 8.97. The second-order valence-corrected chi connectivity index (χ2v) is 5.46. The Bertz CT molecular complexity index is 589. The summed E-state index contributed by atoms with van der Waals surface area (Å²) in [5.74, 6) is 1.18. The maximum absolute atomic E-state index is 6.25. The van der Waals surface area contributed by atoms with E-state index < -0.39 is 0 Å². The number of nitrogens with one attached hydrogen (secondary N) is 1. The number of aromatic nitrogens is 2. The van der Waals surface area contributed by atoms with Gasteiger partial charge < -0.3 is 5.32 Å². The number of benzene rings is 1. The van der Waals surface area contributed by atoms with E-state index >= 15 is 0 Å². The van der Waals surface area contributed by atoms with Crippen molar-refractivity contribution in [1.82, 2.24) is 9.78 Å². The van der Waals surface area contributed by atoms with Crippen molar-refractivity contribution in [1.29, 1.82) is 0 Å². The van der Waals surface area contributed by atoms with Crippen LogP contribution in [0.15, 0.2) is 24.3 Å². The van der Waals surface area contributed by atoms with Gasteiger partial charge in [-0.3, -0.25) is 4.68 Å². The minimum absolute atomic E-state index is 0.810. The molecule has 4 heteroatoms. The molecule has 1 aromatic heterocycles. The predicted octanol–water partition coefficient (Wildman–Crippen LogP) is 3.41. The quantitative estimate of drug-likeness (QED) is 0.910. The van der Waals surface area contributed by atoms with Crippen molar-refractivity contribution < 1.29 is 0 Å². The molecule has 1 aliphatic rings. The average molecular weight is 276 g/mol. The van der Waals surface area contributed by atoms with Crippen LogP contribution >= 0.6 is 11.6 Å². The molecular weight excluding hydrogens is 258 g/mol. The first-order valence-corrected chi connectivity index (χ1v) is 7.15. The maximum Gasteiger partial charge on any atom is 0.127 e. The number of anilines is 1. The molecule has 0 saturated heterocycles. The molecule has 0 unspecified atom stereocenters. The lowest BCUT2D eigenvalue weighted by atomic mass is 10.0. The molecule has 0 spiro atoms. The van der Waals surface area contributed by atoms with E-state index in [0.717, 1.165) is 35.7 Å². The lowest BCUT2D eigenvalue weighted by Crippen LogP contribution is -2.04. The summed E-state index contributed by atoms with van der Waals surface area (Å²) in [4.78, 5) is 0. The minimum Gasteiger partial charge on any atom is -0.370 e. The fourth-order valence-electron chi connectivity index (χ4n) is 2.70. The van der Waals surface area contributed by atoms with Gasteiger partial charge in [0.05, 0.1) is 5.69 Å². The summed E-state index contributed by atoms with van der Waals surface area (Å²) >= 11 is 6.25. The monoisotopic (exact) mass is 275 g/mol. The second-order valence-electron chi connectivity index (χ2n) is 5.05. The molecule has 0 atom stereocenters. The van der Waals surface area contributed by atoms with E-state index in [9.17, 15) is 0 Å². The molecular formula is C15H18ClN3. The van der Waals surface area contributed by atoms with E-state index in [2.05, 4.69) is 16.5 Å². The number of hydrogen-bond donors (Lipinski definition) is 1. The van der Waals surface area contributed by atoms with Gasteiger partial charge in [-0.25, -0.2) is 0 Å². The number of halogens is 1. The van der Waals surface area contributed by atoms with Gasteiger partial charge in [0.1, 0.15) is 5.82 Å². The van der Waals surface area contributed by atoms with Gasteiger partial charge in [0.15, 0.2) is 0 Å². The lowest BCUT2D eigenvalue weighted by Gasteiger charge is -2.05. The third-order valence-electron chi connectivity index (χ3n) is 3.69. The fraction of sp³-hybridized carbons (Fsp3) is 0.400. The average Bonchev–Trinajstić information content (AvgIpc) is 2.60. The van der Waals surface area contributed by atoms with Gasteiger partial charge >= 0.3 is 0 Å². The molecule has 19 heavy (non-hydrogen) atoms. The van der Waals surface area contributed by atoms with Crippen molar-refractivity contribution in [2.45, 2.75) is 25.7 Å². The summed E-state index contributed by atoms with van der Waals surface area (Å²) in [5.41, 5.74) is 3.66. The highest BCUT2D eigenvalue weighted by atomic mass is 35.5. The van der Waals surface area contributed by atoms with Crippen LogP contribution in [-0.2, 0) is 19.9 Å². The molecule has 0 bridgehead atoms. The van der Waals surface area contributed by atoms with Crippen molar-refractivity contribution >= 4 is 17.4 Å². The van der Waals surface area contributed by atoms with Crippen LogP contribution in [0.25, 0.3) is 0 Å². The van der Waals surface area contributed by atoms with E-state index in [1.807, 2.05) is 29.9 Å². The van der Waals surface area contributed by atoms with Crippen molar-refractivity contribution in [3.05, 3.63) is 46.1 Å². The number of aryl methyl sites for hydroxylation is 1. The summed E-state index contributed by atoms with van der Waals surface area (Å²) in [6.45, 7) is 1.04. The Labute approximate surface area is 118 Å². The molecule has 1 aliphatic heterocycles. The first kappa shape index (κ1) is 12.5. The molecule has 3 nitrogen and oxygen atoms in total. The van der Waals surface area contributed by atoms with Crippen LogP contribution in [0.3, 0.4) is 0 Å². The van der Waals surface area contributed by atoms with Gasteiger partial charge in [-0.2, -0.15) is 5.10 Å². The van der Waals surface area contributed by atoms with Crippen LogP contribution in [0.2, 0.25) is 5.02 Å². The van der Waals surface area contributed by atoms with Crippen LogP contribution in [0.1, 0.15) is 29.7 Å². The normalized spacial score (nSPS) is 14.6. The third kappa shape index (κ3) is 2.47. The Morgan fingerprint density at radius 2 is 2.16 bits per heavy atom. The van der Waals surface area contributed by atoms with Crippen LogP contribution in [-0.4, -0.2) is 16.3 Å². The fourth-order valence-corrected chi connectivity index (χ4v) is 2.91. The van der Waals surface area contributed by atoms with Crippen LogP contribution in [0.5, 0.6) is 0 Å². The molecule has 0 radical (unpaired) electrons. The first-order chi connectivity index (χ1) is 9.25. The molecule has 1 aromatic carbocycles. The van der Waals surface area contributed by atoms with Crippen LogP contribution < -0.4 is 5.32 Å². The minimum atomic E-state index is 0.810. The molecule has 0 fully saturated rings. The van der Waals surface area contributed by atoms with Gasteiger partial charge in [-0.05, 0) is 30.9 Å². The second kappa shape index (κ2) is 5.25. The zero-order valence-electron chi connectivity index (χ0n) is 11.1. The zero-order chi connectivity index (χ0) is 13.2. The summed E-state index contributed by atoms with van der Waals surface area (Å²) in [6.07, 6.45) is 4.36. The van der Waals surface area contributed by atoms with E-state index in [4.69, 9.17) is 11.6 Å². The molecule has 2 aromatic rings. The van der Waals surface area contributed by atoms with Crippen molar-refractivity contribution in [3.8, 4) is 0 Å². The summed E-state index contributed by atoms with van der Waals surface area (Å²) < 4.78 is 1.97. The molecule has 100 valence electrons. The molecule has 0 saturated carbocycles. The number of fused-ring (bicyclic) bond motifs is 1. The van der Waals surface area contributed by atoms with Crippen LogP contribution in [0.4, 0.5) is 5.82 Å².